The van der Waals surface area contributed by atoms with Gasteiger partial charge in [0.15, 0.2) is 4.47 Å². The van der Waals surface area contributed by atoms with Crippen molar-refractivity contribution in [2.45, 2.75) is 26.0 Å². The number of aromatic nitrogens is 1. The van der Waals surface area contributed by atoms with Crippen LogP contribution in [0.15, 0.2) is 6.20 Å². The van der Waals surface area contributed by atoms with Crippen LogP contribution in [-0.4, -0.2) is 34.2 Å². The summed E-state index contributed by atoms with van der Waals surface area (Å²) >= 11 is 7.19. The molecular formula is C9H15ClN2OS. The molecule has 0 aliphatic heterocycles. The summed E-state index contributed by atoms with van der Waals surface area (Å²) in [5.41, 5.74) is -0.663. The van der Waals surface area contributed by atoms with Gasteiger partial charge in [0.25, 0.3) is 0 Å². The molecule has 1 aromatic rings. The van der Waals surface area contributed by atoms with Gasteiger partial charge in [0, 0.05) is 24.2 Å². The first kappa shape index (κ1) is 11.9. The number of nitrogens with zero attached hydrogens (tertiary/aromatic N) is 2. The van der Waals surface area contributed by atoms with E-state index in [-0.39, 0.29) is 0 Å². The third-order valence-electron chi connectivity index (χ3n) is 1.61. The number of rotatable bonds is 4. The van der Waals surface area contributed by atoms with Crippen LogP contribution in [0.5, 0.6) is 0 Å². The van der Waals surface area contributed by atoms with Gasteiger partial charge in [0.05, 0.1) is 5.60 Å². The van der Waals surface area contributed by atoms with E-state index in [0.717, 1.165) is 11.4 Å². The normalized spacial score (nSPS) is 12.4. The molecule has 80 valence electrons. The summed E-state index contributed by atoms with van der Waals surface area (Å²) in [6, 6.07) is 0. The fourth-order valence-corrected chi connectivity index (χ4v) is 2.40. The molecule has 1 rings (SSSR count). The van der Waals surface area contributed by atoms with Crippen molar-refractivity contribution in [1.29, 1.82) is 0 Å². The molecule has 0 unspecified atom stereocenters. The summed E-state index contributed by atoms with van der Waals surface area (Å²) < 4.78 is 0.566. The summed E-state index contributed by atoms with van der Waals surface area (Å²) in [6.07, 6.45) is 1.77. The average molecular weight is 235 g/mol. The first-order valence-electron chi connectivity index (χ1n) is 4.38. The lowest BCUT2D eigenvalue weighted by molar-refractivity contribution is 0.0427. The minimum atomic E-state index is -0.663. The summed E-state index contributed by atoms with van der Waals surface area (Å²) in [5, 5.41) is 9.59. The lowest BCUT2D eigenvalue weighted by atomic mass is 10.1. The lowest BCUT2D eigenvalue weighted by Crippen LogP contribution is -2.35. The first-order chi connectivity index (χ1) is 6.37. The predicted molar refractivity (Wildman–Crippen MR) is 59.8 cm³/mol. The molecule has 0 aromatic carbocycles. The zero-order valence-corrected chi connectivity index (χ0v) is 10.2. The average Bonchev–Trinajstić information content (AvgIpc) is 2.30. The predicted octanol–water partition coefficient (Wildman–Crippen LogP) is 2.00. The second-order valence-electron chi connectivity index (χ2n) is 4.06. The monoisotopic (exact) mass is 234 g/mol. The zero-order valence-electron chi connectivity index (χ0n) is 8.62. The molecule has 0 aliphatic rings. The van der Waals surface area contributed by atoms with Crippen LogP contribution in [0.4, 0.5) is 0 Å². The van der Waals surface area contributed by atoms with Gasteiger partial charge in [-0.1, -0.05) is 11.6 Å². The van der Waals surface area contributed by atoms with E-state index in [2.05, 4.69) is 4.98 Å². The van der Waals surface area contributed by atoms with Crippen molar-refractivity contribution in [2.75, 3.05) is 13.6 Å². The third kappa shape index (κ3) is 4.37. The van der Waals surface area contributed by atoms with Crippen molar-refractivity contribution in [2.24, 2.45) is 0 Å². The van der Waals surface area contributed by atoms with E-state index in [0.29, 0.717) is 11.0 Å². The largest absolute Gasteiger partial charge is 0.389 e. The molecule has 0 radical (unpaired) electrons. The molecule has 5 heteroatoms. The topological polar surface area (TPSA) is 36.4 Å². The van der Waals surface area contributed by atoms with Gasteiger partial charge < -0.3 is 5.11 Å². The number of likely N-dealkylation sites (N-methyl/N-ethyl adjacent to an activating group) is 1. The van der Waals surface area contributed by atoms with Gasteiger partial charge in [-0.25, -0.2) is 4.98 Å². The molecule has 0 bridgehead atoms. The molecule has 3 nitrogen and oxygen atoms in total. The van der Waals surface area contributed by atoms with E-state index in [4.69, 9.17) is 11.6 Å². The summed E-state index contributed by atoms with van der Waals surface area (Å²) in [7, 11) is 1.96. The molecule has 0 saturated heterocycles. The Labute approximate surface area is 93.3 Å². The number of halogens is 1. The quantitative estimate of drug-likeness (QED) is 0.866. The van der Waals surface area contributed by atoms with Crippen LogP contribution in [-0.2, 0) is 6.54 Å². The highest BCUT2D eigenvalue weighted by atomic mass is 35.5. The second kappa shape index (κ2) is 4.57. The van der Waals surface area contributed by atoms with E-state index in [9.17, 15) is 5.11 Å². The standard InChI is InChI=1S/C9H15ClN2OS/c1-9(2,13)6-12(3)5-7-4-11-8(10)14-7/h4,13H,5-6H2,1-3H3. The van der Waals surface area contributed by atoms with Crippen LogP contribution in [0.3, 0.4) is 0 Å². The maximum Gasteiger partial charge on any atom is 0.183 e. The number of aliphatic hydroxyl groups is 1. The maximum atomic E-state index is 9.59. The molecule has 0 amide bonds. The Hall–Kier alpha value is -0.160. The van der Waals surface area contributed by atoms with Gasteiger partial charge in [-0.2, -0.15) is 0 Å². The first-order valence-corrected chi connectivity index (χ1v) is 5.57. The molecule has 1 N–H and O–H groups in total. The molecule has 0 saturated carbocycles. The van der Waals surface area contributed by atoms with E-state index in [1.165, 1.54) is 11.3 Å². The summed E-state index contributed by atoms with van der Waals surface area (Å²) in [6.45, 7) is 4.99. The number of hydrogen-bond acceptors (Lipinski definition) is 4. The van der Waals surface area contributed by atoms with Gasteiger partial charge >= 0.3 is 0 Å². The lowest BCUT2D eigenvalue weighted by Gasteiger charge is -2.24. The molecule has 0 spiro atoms. The zero-order chi connectivity index (χ0) is 10.8. The van der Waals surface area contributed by atoms with Crippen molar-refractivity contribution >= 4 is 22.9 Å². The summed E-state index contributed by atoms with van der Waals surface area (Å²) in [4.78, 5) is 7.12. The molecular weight excluding hydrogens is 220 g/mol. The SMILES string of the molecule is CN(Cc1cnc(Cl)s1)CC(C)(C)O. The van der Waals surface area contributed by atoms with Gasteiger partial charge in [-0.05, 0) is 20.9 Å². The molecule has 0 aliphatic carbocycles. The van der Waals surface area contributed by atoms with Crippen molar-refractivity contribution in [3.8, 4) is 0 Å². The van der Waals surface area contributed by atoms with E-state index in [1.54, 1.807) is 20.0 Å². The molecule has 0 atom stereocenters. The summed E-state index contributed by atoms with van der Waals surface area (Å²) in [5.74, 6) is 0. The van der Waals surface area contributed by atoms with Gasteiger partial charge in [-0.3, -0.25) is 4.90 Å². The highest BCUT2D eigenvalue weighted by Gasteiger charge is 2.16. The fraction of sp³-hybridized carbons (Fsp3) is 0.667. The fourth-order valence-electron chi connectivity index (χ4n) is 1.34. The van der Waals surface area contributed by atoms with Crippen molar-refractivity contribution in [1.82, 2.24) is 9.88 Å². The van der Waals surface area contributed by atoms with Crippen LogP contribution in [0.2, 0.25) is 4.47 Å². The van der Waals surface area contributed by atoms with Gasteiger partial charge in [0.2, 0.25) is 0 Å². The van der Waals surface area contributed by atoms with Crippen LogP contribution >= 0.6 is 22.9 Å². The second-order valence-corrected chi connectivity index (χ2v) is 5.76. The third-order valence-corrected chi connectivity index (χ3v) is 2.71. The Kier molecular flexibility index (Phi) is 3.89. The van der Waals surface area contributed by atoms with Crippen molar-refractivity contribution in [3.05, 3.63) is 15.5 Å². The van der Waals surface area contributed by atoms with E-state index in [1.807, 2.05) is 11.9 Å². The van der Waals surface area contributed by atoms with Gasteiger partial charge in [-0.15, -0.1) is 11.3 Å². The Morgan fingerprint density at radius 1 is 1.64 bits per heavy atom. The smallest absolute Gasteiger partial charge is 0.183 e. The highest BCUT2D eigenvalue weighted by Crippen LogP contribution is 2.19. The molecule has 0 fully saturated rings. The Morgan fingerprint density at radius 2 is 2.29 bits per heavy atom. The Bertz CT molecular complexity index is 295. The Morgan fingerprint density at radius 3 is 2.71 bits per heavy atom. The molecule has 1 heterocycles. The Balaban J connectivity index is 2.45. The highest BCUT2D eigenvalue weighted by molar-refractivity contribution is 7.15. The van der Waals surface area contributed by atoms with Crippen LogP contribution in [0, 0.1) is 0 Å². The van der Waals surface area contributed by atoms with Gasteiger partial charge in [0.1, 0.15) is 0 Å². The van der Waals surface area contributed by atoms with Crippen LogP contribution in [0.1, 0.15) is 18.7 Å². The number of thiazole rings is 1. The van der Waals surface area contributed by atoms with E-state index >= 15 is 0 Å². The number of hydrogen-bond donors (Lipinski definition) is 1. The van der Waals surface area contributed by atoms with Crippen molar-refractivity contribution < 1.29 is 5.11 Å². The van der Waals surface area contributed by atoms with Crippen molar-refractivity contribution in [3.63, 3.8) is 0 Å². The van der Waals surface area contributed by atoms with Crippen LogP contribution < -0.4 is 0 Å². The molecule has 1 aromatic heterocycles. The minimum absolute atomic E-state index is 0.566. The van der Waals surface area contributed by atoms with Crippen LogP contribution in [0.25, 0.3) is 0 Å². The van der Waals surface area contributed by atoms with E-state index < -0.39 is 5.60 Å². The maximum absolute atomic E-state index is 9.59. The minimum Gasteiger partial charge on any atom is -0.389 e. The molecule has 14 heavy (non-hydrogen) atoms.